The molecule has 5 aliphatic rings. The SMILES string of the molecule is COC(=C1C2CC3CC(C2)CC1C3)C1CCCC(OP(=O)([O-])[O-])C1.[Na+].[Na+]. The third-order valence-corrected chi connectivity index (χ3v) is 7.35. The molecular weight excluding hydrogens is 373 g/mol. The van der Waals surface area contributed by atoms with Crippen molar-refractivity contribution in [2.75, 3.05) is 7.11 Å². The Hall–Kier alpha value is 1.65. The van der Waals surface area contributed by atoms with Crippen molar-refractivity contribution < 1.29 is 82.7 Å². The number of ether oxygens (including phenoxy) is 1. The molecule has 2 unspecified atom stereocenters. The molecule has 5 fully saturated rings. The molecule has 5 rings (SSSR count). The standard InChI is InChI=1S/C18H29O5P.2Na/c1-22-18(13-3-2-4-16(10-13)23-24(19,20)21)17-14-6-11-5-12(8-14)9-15(17)7-11;;/h11-16H,2-10H2,1H3,(H2,19,20,21);;/q;2*+1/p-2. The van der Waals surface area contributed by atoms with Crippen molar-refractivity contribution in [2.24, 2.45) is 29.6 Å². The fraction of sp³-hybridized carbons (Fsp3) is 0.889. The van der Waals surface area contributed by atoms with Crippen LogP contribution in [0.15, 0.2) is 11.3 Å². The Morgan fingerprint density at radius 1 is 0.962 bits per heavy atom. The first kappa shape index (κ1) is 23.9. The van der Waals surface area contributed by atoms with Crippen LogP contribution in [0.3, 0.4) is 0 Å². The second-order valence-corrected chi connectivity index (χ2v) is 9.47. The Morgan fingerprint density at radius 3 is 2.04 bits per heavy atom. The van der Waals surface area contributed by atoms with Crippen molar-refractivity contribution in [3.63, 3.8) is 0 Å². The molecule has 0 heterocycles. The molecule has 0 aromatic heterocycles. The van der Waals surface area contributed by atoms with E-state index in [1.54, 1.807) is 7.11 Å². The van der Waals surface area contributed by atoms with Crippen LogP contribution < -0.4 is 68.9 Å². The minimum atomic E-state index is -4.91. The van der Waals surface area contributed by atoms with Crippen molar-refractivity contribution in [3.05, 3.63) is 11.3 Å². The van der Waals surface area contributed by atoms with Crippen LogP contribution in [0, 0.1) is 29.6 Å². The molecule has 8 heteroatoms. The van der Waals surface area contributed by atoms with E-state index in [0.29, 0.717) is 24.7 Å². The van der Waals surface area contributed by atoms with Gasteiger partial charge in [0.2, 0.25) is 0 Å². The molecule has 0 aromatic rings. The van der Waals surface area contributed by atoms with Gasteiger partial charge < -0.3 is 23.6 Å². The Labute approximate surface area is 200 Å². The van der Waals surface area contributed by atoms with E-state index in [1.165, 1.54) is 37.7 Å². The van der Waals surface area contributed by atoms with E-state index in [-0.39, 0.29) is 65.0 Å². The summed E-state index contributed by atoms with van der Waals surface area (Å²) in [6.07, 6.45) is 9.28. The Bertz CT molecular complexity index is 546. The van der Waals surface area contributed by atoms with Crippen LogP contribution in [0.25, 0.3) is 0 Å². The van der Waals surface area contributed by atoms with Crippen LogP contribution in [0.4, 0.5) is 0 Å². The molecule has 0 aromatic carbocycles. The molecule has 0 aliphatic heterocycles. The van der Waals surface area contributed by atoms with Crippen LogP contribution >= 0.6 is 7.82 Å². The normalized spacial score (nSPS) is 38.3. The molecule has 26 heavy (non-hydrogen) atoms. The second-order valence-electron chi connectivity index (χ2n) is 8.37. The van der Waals surface area contributed by atoms with Crippen LogP contribution in [-0.4, -0.2) is 13.2 Å². The van der Waals surface area contributed by atoms with Gasteiger partial charge in [-0.3, -0.25) is 0 Å². The molecule has 0 saturated heterocycles. The maximum absolute atomic E-state index is 11.0. The number of phosphoric acid groups is 1. The van der Waals surface area contributed by atoms with Crippen LogP contribution in [0.5, 0.6) is 0 Å². The molecule has 0 N–H and O–H groups in total. The summed E-state index contributed by atoms with van der Waals surface area (Å²) in [5, 5.41) is 0. The fourth-order valence-electron chi connectivity index (χ4n) is 6.28. The van der Waals surface area contributed by atoms with Crippen LogP contribution in [-0.2, 0) is 13.8 Å². The number of phosphoric ester groups is 1. The van der Waals surface area contributed by atoms with Gasteiger partial charge in [-0.15, -0.1) is 0 Å². The predicted molar refractivity (Wildman–Crippen MR) is 85.5 cm³/mol. The van der Waals surface area contributed by atoms with E-state index in [4.69, 9.17) is 9.26 Å². The van der Waals surface area contributed by atoms with Crippen molar-refractivity contribution in [1.82, 2.24) is 0 Å². The predicted octanol–water partition coefficient (Wildman–Crippen LogP) is -3.24. The van der Waals surface area contributed by atoms with E-state index in [9.17, 15) is 14.4 Å². The van der Waals surface area contributed by atoms with Crippen molar-refractivity contribution >= 4 is 7.82 Å². The summed E-state index contributed by atoms with van der Waals surface area (Å²) in [5.41, 5.74) is 1.53. The van der Waals surface area contributed by atoms with E-state index in [1.807, 2.05) is 0 Å². The quantitative estimate of drug-likeness (QED) is 0.281. The topological polar surface area (TPSA) is 81.7 Å². The summed E-state index contributed by atoms with van der Waals surface area (Å²) >= 11 is 0. The second kappa shape index (κ2) is 9.64. The fourth-order valence-corrected chi connectivity index (χ4v) is 6.83. The van der Waals surface area contributed by atoms with Crippen LogP contribution in [0.2, 0.25) is 0 Å². The molecule has 5 aliphatic carbocycles. The molecule has 5 saturated carbocycles. The first-order valence-electron chi connectivity index (χ1n) is 9.41. The van der Waals surface area contributed by atoms with Gasteiger partial charge in [0, 0.05) is 5.92 Å². The molecule has 0 amide bonds. The number of rotatable bonds is 4. The first-order valence-corrected chi connectivity index (χ1v) is 10.9. The van der Waals surface area contributed by atoms with Gasteiger partial charge in [0.1, 0.15) is 0 Å². The van der Waals surface area contributed by atoms with Gasteiger partial charge in [-0.05, 0) is 80.6 Å². The largest absolute Gasteiger partial charge is 1.00 e. The van der Waals surface area contributed by atoms with E-state index in [0.717, 1.165) is 30.4 Å². The first-order chi connectivity index (χ1) is 11.4. The Balaban J connectivity index is 0.00000121. The molecule has 4 bridgehead atoms. The molecule has 0 spiro atoms. The van der Waals surface area contributed by atoms with Gasteiger partial charge >= 0.3 is 59.1 Å². The van der Waals surface area contributed by atoms with Crippen molar-refractivity contribution in [2.45, 2.75) is 63.9 Å². The smallest absolute Gasteiger partial charge is 0.790 e. The zero-order chi connectivity index (χ0) is 16.9. The minimum Gasteiger partial charge on any atom is -0.790 e. The average molecular weight is 400 g/mol. The zero-order valence-electron chi connectivity index (χ0n) is 16.3. The Morgan fingerprint density at radius 2 is 1.54 bits per heavy atom. The number of allylic oxidation sites excluding steroid dienone is 2. The third kappa shape index (κ3) is 5.22. The van der Waals surface area contributed by atoms with E-state index >= 15 is 0 Å². The van der Waals surface area contributed by atoms with Gasteiger partial charge in [-0.2, -0.15) is 0 Å². The summed E-state index contributed by atoms with van der Waals surface area (Å²) in [5.74, 6) is 4.45. The summed E-state index contributed by atoms with van der Waals surface area (Å²) in [6.45, 7) is 0. The van der Waals surface area contributed by atoms with E-state index in [2.05, 4.69) is 0 Å². The summed E-state index contributed by atoms with van der Waals surface area (Å²) in [7, 11) is -3.16. The number of methoxy groups -OCH3 is 1. The minimum absolute atomic E-state index is 0. The number of hydrogen-bond acceptors (Lipinski definition) is 5. The van der Waals surface area contributed by atoms with Crippen molar-refractivity contribution in [3.8, 4) is 0 Å². The molecular formula is C18H27Na2O5P. The van der Waals surface area contributed by atoms with Crippen molar-refractivity contribution in [1.29, 1.82) is 0 Å². The van der Waals surface area contributed by atoms with Crippen LogP contribution in [0.1, 0.15) is 57.8 Å². The molecule has 0 radical (unpaired) electrons. The summed E-state index contributed by atoms with van der Waals surface area (Å²) < 4.78 is 21.6. The number of hydrogen-bond donors (Lipinski definition) is 0. The van der Waals surface area contributed by atoms with Gasteiger partial charge in [0.15, 0.2) is 0 Å². The van der Waals surface area contributed by atoms with E-state index < -0.39 is 13.9 Å². The average Bonchev–Trinajstić information content (AvgIpc) is 2.48. The van der Waals surface area contributed by atoms with Gasteiger partial charge in [-0.1, -0.05) is 6.42 Å². The molecule has 2 atom stereocenters. The Kier molecular flexibility index (Phi) is 8.87. The summed E-state index contributed by atoms with van der Waals surface area (Å²) in [6, 6.07) is 0. The maximum atomic E-state index is 11.0. The monoisotopic (exact) mass is 400 g/mol. The zero-order valence-corrected chi connectivity index (χ0v) is 21.2. The van der Waals surface area contributed by atoms with Gasteiger partial charge in [0.25, 0.3) is 0 Å². The van der Waals surface area contributed by atoms with Gasteiger partial charge in [0.05, 0.1) is 26.8 Å². The third-order valence-electron chi connectivity index (χ3n) is 6.80. The maximum Gasteiger partial charge on any atom is 1.00 e. The molecule has 136 valence electrons. The molecule has 5 nitrogen and oxygen atoms in total. The van der Waals surface area contributed by atoms with Gasteiger partial charge in [-0.25, -0.2) is 0 Å². The summed E-state index contributed by atoms with van der Waals surface area (Å²) in [4.78, 5) is 21.9.